The van der Waals surface area contributed by atoms with Crippen LogP contribution in [0.5, 0.6) is 0 Å². The van der Waals surface area contributed by atoms with E-state index in [1.807, 2.05) is 0 Å². The lowest BCUT2D eigenvalue weighted by molar-refractivity contribution is -0.142. The maximum absolute atomic E-state index is 12.1. The second-order valence-electron chi connectivity index (χ2n) is 4.88. The summed E-state index contributed by atoms with van der Waals surface area (Å²) in [6.45, 7) is 0.242. The van der Waals surface area contributed by atoms with Crippen molar-refractivity contribution in [3.8, 4) is 0 Å². The SMILES string of the molecule is NC(N)=NCCC[C@H](NC(=O)[C@H](CS)NC(=O)[C@@H](N)CS)C(=O)O. The van der Waals surface area contributed by atoms with Crippen molar-refractivity contribution in [2.45, 2.75) is 31.0 Å². The minimum Gasteiger partial charge on any atom is -0.480 e. The summed E-state index contributed by atoms with van der Waals surface area (Å²) in [7, 11) is 0. The number of aliphatic imine (C=N–C) groups is 1. The molecule has 0 rings (SSSR count). The van der Waals surface area contributed by atoms with Crippen LogP contribution in [0, 0.1) is 0 Å². The number of nitrogens with one attached hydrogen (secondary N) is 2. The van der Waals surface area contributed by atoms with Crippen LogP contribution < -0.4 is 27.8 Å². The van der Waals surface area contributed by atoms with E-state index in [4.69, 9.17) is 22.3 Å². The fraction of sp³-hybridized carbons (Fsp3) is 0.667. The number of carboxylic acid groups (broad SMARTS) is 1. The molecule has 0 spiro atoms. The third kappa shape index (κ3) is 8.84. The molecule has 0 fully saturated rings. The monoisotopic (exact) mass is 380 g/mol. The van der Waals surface area contributed by atoms with Crippen molar-refractivity contribution in [1.82, 2.24) is 10.6 Å². The van der Waals surface area contributed by atoms with Crippen molar-refractivity contribution >= 4 is 49.0 Å². The van der Waals surface area contributed by atoms with Crippen LogP contribution in [0.4, 0.5) is 0 Å². The van der Waals surface area contributed by atoms with E-state index in [0.29, 0.717) is 6.42 Å². The highest BCUT2D eigenvalue weighted by Gasteiger charge is 2.26. The summed E-state index contributed by atoms with van der Waals surface area (Å²) in [5.74, 6) is -2.45. The summed E-state index contributed by atoms with van der Waals surface area (Å²) < 4.78 is 0. The van der Waals surface area contributed by atoms with Crippen LogP contribution in [0.25, 0.3) is 0 Å². The number of rotatable bonds is 11. The van der Waals surface area contributed by atoms with E-state index in [1.54, 1.807) is 0 Å². The quantitative estimate of drug-likeness (QED) is 0.0827. The van der Waals surface area contributed by atoms with Crippen molar-refractivity contribution in [3.63, 3.8) is 0 Å². The van der Waals surface area contributed by atoms with E-state index in [9.17, 15) is 14.4 Å². The highest BCUT2D eigenvalue weighted by atomic mass is 32.1. The Bertz CT molecular complexity index is 472. The van der Waals surface area contributed by atoms with Crippen molar-refractivity contribution in [3.05, 3.63) is 0 Å². The highest BCUT2D eigenvalue weighted by Crippen LogP contribution is 2.01. The van der Waals surface area contributed by atoms with Gasteiger partial charge in [0.25, 0.3) is 0 Å². The molecule has 0 bridgehead atoms. The van der Waals surface area contributed by atoms with Crippen molar-refractivity contribution in [2.24, 2.45) is 22.2 Å². The van der Waals surface area contributed by atoms with Crippen molar-refractivity contribution in [1.29, 1.82) is 0 Å². The summed E-state index contributed by atoms with van der Waals surface area (Å²) in [6, 6.07) is -3.02. The maximum atomic E-state index is 12.1. The largest absolute Gasteiger partial charge is 0.480 e. The number of aliphatic carboxylic acids is 1. The van der Waals surface area contributed by atoms with E-state index in [0.717, 1.165) is 0 Å². The Balaban J connectivity index is 4.64. The standard InChI is InChI=1S/C12H24N6O4S2/c13-6(4-23)9(19)18-8(5-24)10(20)17-7(11(21)22)2-1-3-16-12(14)15/h6-8,23-24H,1-5,13H2,(H,17,20)(H,18,19)(H,21,22)(H4,14,15,16)/t6-,7-,8-/m0/s1. The van der Waals surface area contributed by atoms with Crippen LogP contribution in [0.15, 0.2) is 4.99 Å². The molecule has 3 atom stereocenters. The lowest BCUT2D eigenvalue weighted by atomic mass is 10.1. The molecule has 0 aromatic heterocycles. The number of nitrogens with zero attached hydrogens (tertiary/aromatic N) is 1. The summed E-state index contributed by atoms with van der Waals surface area (Å²) in [5.41, 5.74) is 15.8. The molecule has 0 aliphatic rings. The second kappa shape index (κ2) is 11.8. The molecule has 12 heteroatoms. The molecule has 0 saturated carbocycles. The molecule has 0 saturated heterocycles. The predicted octanol–water partition coefficient (Wildman–Crippen LogP) is -2.72. The first-order chi connectivity index (χ1) is 11.2. The number of carbonyl (C=O) groups excluding carboxylic acids is 2. The van der Waals surface area contributed by atoms with Gasteiger partial charge in [-0.1, -0.05) is 0 Å². The third-order valence-electron chi connectivity index (χ3n) is 2.91. The molecule has 138 valence electrons. The Labute approximate surface area is 150 Å². The van der Waals surface area contributed by atoms with E-state index >= 15 is 0 Å². The Morgan fingerprint density at radius 2 is 1.62 bits per heavy atom. The summed E-state index contributed by atoms with van der Waals surface area (Å²) in [6.07, 6.45) is 0.485. The molecular weight excluding hydrogens is 356 g/mol. The first-order valence-electron chi connectivity index (χ1n) is 7.09. The minimum absolute atomic E-state index is 0.0167. The average molecular weight is 380 g/mol. The van der Waals surface area contributed by atoms with Crippen LogP contribution in [0.3, 0.4) is 0 Å². The third-order valence-corrected chi connectivity index (χ3v) is 3.67. The number of thiol groups is 2. The molecule has 0 aliphatic heterocycles. The second-order valence-corrected chi connectivity index (χ2v) is 5.61. The minimum atomic E-state index is -1.20. The number of nitrogens with two attached hydrogens (primary N) is 3. The first-order valence-corrected chi connectivity index (χ1v) is 8.35. The Hall–Kier alpha value is -1.66. The van der Waals surface area contributed by atoms with Gasteiger partial charge in [-0.05, 0) is 12.8 Å². The molecular formula is C12H24N6O4S2. The number of guanidine groups is 1. The number of carbonyl (C=O) groups is 3. The molecule has 0 heterocycles. The van der Waals surface area contributed by atoms with Gasteiger partial charge < -0.3 is 32.9 Å². The zero-order chi connectivity index (χ0) is 18.7. The van der Waals surface area contributed by atoms with E-state index in [2.05, 4.69) is 40.9 Å². The van der Waals surface area contributed by atoms with Gasteiger partial charge in [-0.15, -0.1) is 0 Å². The van der Waals surface area contributed by atoms with Crippen LogP contribution in [-0.2, 0) is 14.4 Å². The van der Waals surface area contributed by atoms with Crippen molar-refractivity contribution in [2.75, 3.05) is 18.1 Å². The Kier molecular flexibility index (Phi) is 11.0. The van der Waals surface area contributed by atoms with Crippen LogP contribution in [0.1, 0.15) is 12.8 Å². The number of hydrogen-bond donors (Lipinski definition) is 8. The van der Waals surface area contributed by atoms with Gasteiger partial charge in [-0.2, -0.15) is 25.3 Å². The summed E-state index contributed by atoms with van der Waals surface area (Å²) in [4.78, 5) is 38.7. The van der Waals surface area contributed by atoms with Gasteiger partial charge in [0.2, 0.25) is 11.8 Å². The van der Waals surface area contributed by atoms with Gasteiger partial charge >= 0.3 is 5.97 Å². The van der Waals surface area contributed by atoms with Gasteiger partial charge in [0, 0.05) is 18.1 Å². The predicted molar refractivity (Wildman–Crippen MR) is 97.1 cm³/mol. The van der Waals surface area contributed by atoms with Gasteiger partial charge in [0.05, 0.1) is 6.04 Å². The van der Waals surface area contributed by atoms with E-state index in [-0.39, 0.29) is 30.4 Å². The van der Waals surface area contributed by atoms with E-state index in [1.165, 1.54) is 0 Å². The zero-order valence-electron chi connectivity index (χ0n) is 13.0. The lowest BCUT2D eigenvalue weighted by Gasteiger charge is -2.21. The molecule has 0 radical (unpaired) electrons. The number of carboxylic acids is 1. The van der Waals surface area contributed by atoms with Crippen molar-refractivity contribution < 1.29 is 19.5 Å². The molecule has 0 aliphatic carbocycles. The van der Waals surface area contributed by atoms with Crippen LogP contribution >= 0.6 is 25.3 Å². The zero-order valence-corrected chi connectivity index (χ0v) is 14.8. The topological polar surface area (TPSA) is 186 Å². The fourth-order valence-electron chi connectivity index (χ4n) is 1.59. The average Bonchev–Trinajstić information content (AvgIpc) is 2.53. The Morgan fingerprint density at radius 3 is 2.08 bits per heavy atom. The first kappa shape index (κ1) is 22.3. The number of hydrogen-bond acceptors (Lipinski definition) is 7. The van der Waals surface area contributed by atoms with Crippen LogP contribution in [-0.4, -0.2) is 65.0 Å². The molecule has 2 amide bonds. The molecule has 0 aromatic rings. The molecule has 0 aromatic carbocycles. The van der Waals surface area contributed by atoms with Gasteiger partial charge in [-0.25, -0.2) is 4.79 Å². The Morgan fingerprint density at radius 1 is 1.04 bits per heavy atom. The molecule has 9 N–H and O–H groups in total. The summed E-state index contributed by atoms with van der Waals surface area (Å²) in [5, 5.41) is 13.9. The molecule has 24 heavy (non-hydrogen) atoms. The highest BCUT2D eigenvalue weighted by molar-refractivity contribution is 7.80. The van der Waals surface area contributed by atoms with Gasteiger partial charge in [0.1, 0.15) is 12.1 Å². The molecule has 0 unspecified atom stereocenters. The maximum Gasteiger partial charge on any atom is 0.326 e. The summed E-state index contributed by atoms with van der Waals surface area (Å²) >= 11 is 7.87. The fourth-order valence-corrected chi connectivity index (χ4v) is 2.01. The van der Waals surface area contributed by atoms with Gasteiger partial charge in [-0.3, -0.25) is 14.6 Å². The molecule has 10 nitrogen and oxygen atoms in total. The van der Waals surface area contributed by atoms with Gasteiger partial charge in [0.15, 0.2) is 5.96 Å². The lowest BCUT2D eigenvalue weighted by Crippen LogP contribution is -2.55. The van der Waals surface area contributed by atoms with Crippen LogP contribution in [0.2, 0.25) is 0 Å². The number of amides is 2. The van der Waals surface area contributed by atoms with E-state index < -0.39 is 35.9 Å². The normalized spacial score (nSPS) is 14.1. The smallest absolute Gasteiger partial charge is 0.326 e.